The Balaban J connectivity index is 2.60. The maximum atomic E-state index is 11.6. The van der Waals surface area contributed by atoms with E-state index in [1.807, 2.05) is 24.3 Å². The predicted octanol–water partition coefficient (Wildman–Crippen LogP) is 0.593. The third kappa shape index (κ3) is 6.03. The molecule has 0 spiro atoms. The molecule has 0 aromatic heterocycles. The standard InChI is InChI=1S/C13H20N2O4S/c1-11(16)15(9-8-14-20(3,17)18)10-12-4-6-13(19-2)7-5-12/h4-7,14H,8-10H2,1-3H3. The maximum absolute atomic E-state index is 11.6. The first kappa shape index (κ1) is 16.5. The number of carbonyl (C=O) groups excluding carboxylic acids is 1. The van der Waals surface area contributed by atoms with Crippen molar-refractivity contribution >= 4 is 15.9 Å². The van der Waals surface area contributed by atoms with E-state index in [-0.39, 0.29) is 12.5 Å². The Morgan fingerprint density at radius 3 is 2.35 bits per heavy atom. The van der Waals surface area contributed by atoms with Gasteiger partial charge < -0.3 is 9.64 Å². The molecule has 0 heterocycles. The zero-order valence-corrected chi connectivity index (χ0v) is 12.7. The van der Waals surface area contributed by atoms with Crippen LogP contribution < -0.4 is 9.46 Å². The average molecular weight is 300 g/mol. The Hall–Kier alpha value is -1.60. The molecule has 0 saturated heterocycles. The van der Waals surface area contributed by atoms with Crippen LogP contribution in [0.2, 0.25) is 0 Å². The molecule has 0 aliphatic heterocycles. The lowest BCUT2D eigenvalue weighted by atomic mass is 10.2. The number of nitrogens with one attached hydrogen (secondary N) is 1. The molecule has 112 valence electrons. The minimum absolute atomic E-state index is 0.101. The number of ether oxygens (including phenoxy) is 1. The van der Waals surface area contributed by atoms with Gasteiger partial charge in [0.1, 0.15) is 5.75 Å². The van der Waals surface area contributed by atoms with Crippen LogP contribution in [0.15, 0.2) is 24.3 Å². The minimum Gasteiger partial charge on any atom is -0.497 e. The number of rotatable bonds is 7. The van der Waals surface area contributed by atoms with E-state index in [1.165, 1.54) is 6.92 Å². The van der Waals surface area contributed by atoms with Crippen LogP contribution in [0.3, 0.4) is 0 Å². The first-order valence-electron chi connectivity index (χ1n) is 6.15. The summed E-state index contributed by atoms with van der Waals surface area (Å²) in [5.41, 5.74) is 0.959. The highest BCUT2D eigenvalue weighted by atomic mass is 32.2. The molecule has 0 radical (unpaired) electrons. The molecule has 20 heavy (non-hydrogen) atoms. The summed E-state index contributed by atoms with van der Waals surface area (Å²) >= 11 is 0. The van der Waals surface area contributed by atoms with Crippen molar-refractivity contribution in [2.45, 2.75) is 13.5 Å². The largest absolute Gasteiger partial charge is 0.497 e. The quantitative estimate of drug-likeness (QED) is 0.800. The smallest absolute Gasteiger partial charge is 0.219 e. The normalized spacial score (nSPS) is 11.2. The van der Waals surface area contributed by atoms with Gasteiger partial charge in [-0.2, -0.15) is 0 Å². The molecule has 1 aromatic rings. The van der Waals surface area contributed by atoms with E-state index < -0.39 is 10.0 Å². The summed E-state index contributed by atoms with van der Waals surface area (Å²) in [4.78, 5) is 13.1. The first-order chi connectivity index (χ1) is 9.31. The van der Waals surface area contributed by atoms with Crippen LogP contribution in [0.5, 0.6) is 5.75 Å². The van der Waals surface area contributed by atoms with Gasteiger partial charge in [0.2, 0.25) is 15.9 Å². The molecular formula is C13H20N2O4S. The summed E-state index contributed by atoms with van der Waals surface area (Å²) in [6.07, 6.45) is 1.09. The maximum Gasteiger partial charge on any atom is 0.219 e. The van der Waals surface area contributed by atoms with Gasteiger partial charge in [-0.1, -0.05) is 12.1 Å². The average Bonchev–Trinajstić information content (AvgIpc) is 2.37. The minimum atomic E-state index is -3.23. The molecule has 1 N–H and O–H groups in total. The van der Waals surface area contributed by atoms with Crippen LogP contribution in [0.1, 0.15) is 12.5 Å². The molecule has 0 atom stereocenters. The van der Waals surface area contributed by atoms with E-state index in [2.05, 4.69) is 4.72 Å². The third-order valence-corrected chi connectivity index (χ3v) is 3.45. The van der Waals surface area contributed by atoms with Gasteiger partial charge in [-0.15, -0.1) is 0 Å². The van der Waals surface area contributed by atoms with Crippen molar-refractivity contribution in [1.29, 1.82) is 0 Å². The van der Waals surface area contributed by atoms with Crippen molar-refractivity contribution in [2.24, 2.45) is 0 Å². The van der Waals surface area contributed by atoms with E-state index in [0.29, 0.717) is 13.1 Å². The van der Waals surface area contributed by atoms with Gasteiger partial charge >= 0.3 is 0 Å². The lowest BCUT2D eigenvalue weighted by Crippen LogP contribution is -2.36. The lowest BCUT2D eigenvalue weighted by Gasteiger charge is -2.21. The van der Waals surface area contributed by atoms with Crippen LogP contribution in [-0.2, 0) is 21.4 Å². The highest BCUT2D eigenvalue weighted by Gasteiger charge is 2.10. The number of hydrogen-bond donors (Lipinski definition) is 1. The van der Waals surface area contributed by atoms with Crippen molar-refractivity contribution in [3.8, 4) is 5.75 Å². The molecule has 0 fully saturated rings. The zero-order chi connectivity index (χ0) is 15.2. The van der Waals surface area contributed by atoms with Gasteiger partial charge in [-0.25, -0.2) is 13.1 Å². The van der Waals surface area contributed by atoms with Crippen molar-refractivity contribution < 1.29 is 17.9 Å². The monoisotopic (exact) mass is 300 g/mol. The van der Waals surface area contributed by atoms with Gasteiger partial charge in [0, 0.05) is 26.6 Å². The third-order valence-electron chi connectivity index (χ3n) is 2.72. The zero-order valence-electron chi connectivity index (χ0n) is 11.9. The van der Waals surface area contributed by atoms with Crippen molar-refractivity contribution in [1.82, 2.24) is 9.62 Å². The highest BCUT2D eigenvalue weighted by Crippen LogP contribution is 2.13. The molecule has 7 heteroatoms. The van der Waals surface area contributed by atoms with Gasteiger partial charge in [-0.05, 0) is 17.7 Å². The number of hydrogen-bond acceptors (Lipinski definition) is 4. The Morgan fingerprint density at radius 2 is 1.90 bits per heavy atom. The summed E-state index contributed by atoms with van der Waals surface area (Å²) in [6.45, 7) is 2.43. The topological polar surface area (TPSA) is 75.7 Å². The Bertz CT molecular complexity index is 540. The number of sulfonamides is 1. The number of amides is 1. The molecule has 1 amide bonds. The predicted molar refractivity (Wildman–Crippen MR) is 76.9 cm³/mol. The van der Waals surface area contributed by atoms with Crippen LogP contribution in [-0.4, -0.2) is 45.7 Å². The SMILES string of the molecule is COc1ccc(CN(CCNS(C)(=O)=O)C(C)=O)cc1. The van der Waals surface area contributed by atoms with Gasteiger partial charge in [0.15, 0.2) is 0 Å². The van der Waals surface area contributed by atoms with Crippen molar-refractivity contribution in [3.63, 3.8) is 0 Å². The van der Waals surface area contributed by atoms with Crippen LogP contribution in [0.4, 0.5) is 0 Å². The molecule has 0 bridgehead atoms. The van der Waals surface area contributed by atoms with E-state index in [1.54, 1.807) is 12.0 Å². The summed E-state index contributed by atoms with van der Waals surface area (Å²) < 4.78 is 29.4. The fraction of sp³-hybridized carbons (Fsp3) is 0.462. The van der Waals surface area contributed by atoms with E-state index in [0.717, 1.165) is 17.6 Å². The Kier molecular flexibility index (Phi) is 5.97. The fourth-order valence-corrected chi connectivity index (χ4v) is 2.13. The molecule has 0 unspecified atom stereocenters. The second kappa shape index (κ2) is 7.25. The lowest BCUT2D eigenvalue weighted by molar-refractivity contribution is -0.129. The number of benzene rings is 1. The van der Waals surface area contributed by atoms with Crippen LogP contribution in [0.25, 0.3) is 0 Å². The fourth-order valence-electron chi connectivity index (χ4n) is 1.67. The Morgan fingerprint density at radius 1 is 1.30 bits per heavy atom. The van der Waals surface area contributed by atoms with Gasteiger partial charge in [0.25, 0.3) is 0 Å². The molecule has 0 saturated carbocycles. The molecule has 0 aliphatic carbocycles. The van der Waals surface area contributed by atoms with E-state index in [9.17, 15) is 13.2 Å². The summed E-state index contributed by atoms with van der Waals surface area (Å²) in [6, 6.07) is 7.39. The molecule has 6 nitrogen and oxygen atoms in total. The van der Waals surface area contributed by atoms with E-state index in [4.69, 9.17) is 4.74 Å². The molecular weight excluding hydrogens is 280 g/mol. The van der Waals surface area contributed by atoms with E-state index >= 15 is 0 Å². The second-order valence-electron chi connectivity index (χ2n) is 4.46. The summed E-state index contributed by atoms with van der Waals surface area (Å²) in [7, 11) is -1.64. The number of carbonyl (C=O) groups is 1. The number of nitrogens with zero attached hydrogens (tertiary/aromatic N) is 1. The first-order valence-corrected chi connectivity index (χ1v) is 8.04. The summed E-state index contributed by atoms with van der Waals surface area (Å²) in [5, 5.41) is 0. The number of methoxy groups -OCH3 is 1. The van der Waals surface area contributed by atoms with Crippen LogP contribution >= 0.6 is 0 Å². The van der Waals surface area contributed by atoms with Crippen molar-refractivity contribution in [3.05, 3.63) is 29.8 Å². The van der Waals surface area contributed by atoms with Crippen molar-refractivity contribution in [2.75, 3.05) is 26.5 Å². The Labute approximate surface area is 119 Å². The van der Waals surface area contributed by atoms with Gasteiger partial charge in [-0.3, -0.25) is 4.79 Å². The van der Waals surface area contributed by atoms with Crippen LogP contribution in [0, 0.1) is 0 Å². The molecule has 0 aliphatic rings. The van der Waals surface area contributed by atoms with Gasteiger partial charge in [0.05, 0.1) is 13.4 Å². The second-order valence-corrected chi connectivity index (χ2v) is 6.29. The summed E-state index contributed by atoms with van der Waals surface area (Å²) in [5.74, 6) is 0.651. The molecule has 1 aromatic carbocycles. The highest BCUT2D eigenvalue weighted by molar-refractivity contribution is 7.88. The molecule has 1 rings (SSSR count).